The molecule has 2 rings (SSSR count). The average molecular weight is 413 g/mol. The Balaban J connectivity index is 1.99. The van der Waals surface area contributed by atoms with Gasteiger partial charge >= 0.3 is 0 Å². The third-order valence-electron chi connectivity index (χ3n) is 3.38. The number of halogens is 1. The predicted molar refractivity (Wildman–Crippen MR) is 97.0 cm³/mol. The van der Waals surface area contributed by atoms with Crippen molar-refractivity contribution in [2.75, 3.05) is 26.9 Å². The summed E-state index contributed by atoms with van der Waals surface area (Å²) in [5, 5.41) is 3.95. The lowest BCUT2D eigenvalue weighted by Crippen LogP contribution is -2.33. The van der Waals surface area contributed by atoms with Crippen molar-refractivity contribution in [1.82, 2.24) is 5.43 Å². The first-order valence-electron chi connectivity index (χ1n) is 7.68. The van der Waals surface area contributed by atoms with E-state index in [1.807, 2.05) is 0 Å². The lowest BCUT2D eigenvalue weighted by Gasteiger charge is -2.20. The number of hydrogen-bond acceptors (Lipinski definition) is 6. The van der Waals surface area contributed by atoms with Gasteiger partial charge in [-0.15, -0.1) is 0 Å². The minimum absolute atomic E-state index is 0.0751. The number of ether oxygens (including phenoxy) is 4. The summed E-state index contributed by atoms with van der Waals surface area (Å²) in [6.07, 6.45) is 3.24. The summed E-state index contributed by atoms with van der Waals surface area (Å²) in [6, 6.07) is 3.56. The molecule has 0 aliphatic carbocycles. The van der Waals surface area contributed by atoms with Crippen LogP contribution >= 0.6 is 15.9 Å². The Morgan fingerprint density at radius 1 is 1.48 bits per heavy atom. The van der Waals surface area contributed by atoms with Gasteiger partial charge in [-0.25, -0.2) is 5.43 Å². The fraction of sp³-hybridized carbons (Fsp3) is 0.412. The van der Waals surface area contributed by atoms with Gasteiger partial charge in [-0.3, -0.25) is 4.79 Å². The standard InChI is InChI=1S/C17H21BrN2O5/c1-4-5-23-16-13(18)8-12(9-14(16)22-3)11-19-20-15(21)10-17(2)24-6-7-25-17/h4,8-9,11H,1,5-7,10H2,2-3H3,(H,20,21). The zero-order chi connectivity index (χ0) is 18.3. The Morgan fingerprint density at radius 2 is 2.20 bits per heavy atom. The van der Waals surface area contributed by atoms with E-state index in [2.05, 4.69) is 33.0 Å². The van der Waals surface area contributed by atoms with Gasteiger partial charge in [-0.2, -0.15) is 5.10 Å². The number of hydrazone groups is 1. The molecule has 1 heterocycles. The lowest BCUT2D eigenvalue weighted by molar-refractivity contribution is -0.159. The molecule has 1 N–H and O–H groups in total. The highest BCUT2D eigenvalue weighted by Gasteiger charge is 2.33. The first kappa shape index (κ1) is 19.4. The van der Waals surface area contributed by atoms with Crippen molar-refractivity contribution in [2.45, 2.75) is 19.1 Å². The zero-order valence-electron chi connectivity index (χ0n) is 14.2. The van der Waals surface area contributed by atoms with Crippen molar-refractivity contribution in [3.05, 3.63) is 34.8 Å². The molecule has 0 spiro atoms. The number of rotatable bonds is 8. The topological polar surface area (TPSA) is 78.4 Å². The van der Waals surface area contributed by atoms with Crippen LogP contribution < -0.4 is 14.9 Å². The van der Waals surface area contributed by atoms with Crippen molar-refractivity contribution in [3.8, 4) is 11.5 Å². The highest BCUT2D eigenvalue weighted by Crippen LogP contribution is 2.36. The third-order valence-corrected chi connectivity index (χ3v) is 3.97. The van der Waals surface area contributed by atoms with Gasteiger partial charge in [0.1, 0.15) is 6.61 Å². The van der Waals surface area contributed by atoms with Crippen LogP contribution in [0.25, 0.3) is 0 Å². The largest absolute Gasteiger partial charge is 0.493 e. The smallest absolute Gasteiger partial charge is 0.245 e. The van der Waals surface area contributed by atoms with Crippen LogP contribution in [0.3, 0.4) is 0 Å². The molecule has 136 valence electrons. The number of benzene rings is 1. The Labute approximate surface area is 155 Å². The molecule has 8 heteroatoms. The minimum atomic E-state index is -0.879. The van der Waals surface area contributed by atoms with E-state index < -0.39 is 5.79 Å². The van der Waals surface area contributed by atoms with Crippen molar-refractivity contribution in [2.24, 2.45) is 5.10 Å². The maximum absolute atomic E-state index is 11.9. The Hall–Kier alpha value is -1.90. The van der Waals surface area contributed by atoms with E-state index in [-0.39, 0.29) is 12.3 Å². The van der Waals surface area contributed by atoms with Crippen LogP contribution in [0.1, 0.15) is 18.9 Å². The molecule has 1 aromatic rings. The number of amides is 1. The fourth-order valence-electron chi connectivity index (χ4n) is 2.27. The maximum Gasteiger partial charge on any atom is 0.245 e. The van der Waals surface area contributed by atoms with Crippen LogP contribution in [0.5, 0.6) is 11.5 Å². The molecule has 1 aliphatic rings. The molecular weight excluding hydrogens is 392 g/mol. The molecule has 0 aromatic heterocycles. The van der Waals surface area contributed by atoms with Gasteiger partial charge in [0.15, 0.2) is 17.3 Å². The summed E-state index contributed by atoms with van der Waals surface area (Å²) in [5.41, 5.74) is 3.19. The van der Waals surface area contributed by atoms with Gasteiger partial charge in [-0.05, 0) is 40.5 Å². The van der Waals surface area contributed by atoms with Crippen LogP contribution in [0.2, 0.25) is 0 Å². The number of methoxy groups -OCH3 is 1. The van der Waals surface area contributed by atoms with Gasteiger partial charge in [-0.1, -0.05) is 12.7 Å². The van der Waals surface area contributed by atoms with Crippen LogP contribution in [0, 0.1) is 0 Å². The number of nitrogens with zero attached hydrogens (tertiary/aromatic N) is 1. The zero-order valence-corrected chi connectivity index (χ0v) is 15.8. The van der Waals surface area contributed by atoms with Crippen LogP contribution in [0.15, 0.2) is 34.4 Å². The number of carbonyl (C=O) groups excluding carboxylic acids is 1. The SMILES string of the molecule is C=CCOc1c(Br)cc(C=NNC(=O)CC2(C)OCCO2)cc1OC. The van der Waals surface area contributed by atoms with Gasteiger partial charge in [0.05, 0.1) is 37.4 Å². The van der Waals surface area contributed by atoms with Crippen LogP contribution in [0.4, 0.5) is 0 Å². The predicted octanol–water partition coefficient (Wildman–Crippen LogP) is 2.63. The molecule has 1 amide bonds. The van der Waals surface area contributed by atoms with Crippen molar-refractivity contribution in [1.29, 1.82) is 0 Å². The molecule has 0 radical (unpaired) electrons. The molecule has 0 saturated carbocycles. The number of hydrogen-bond donors (Lipinski definition) is 1. The molecule has 1 fully saturated rings. The van der Waals surface area contributed by atoms with E-state index in [0.29, 0.717) is 35.8 Å². The maximum atomic E-state index is 11.9. The summed E-state index contributed by atoms with van der Waals surface area (Å²) < 4.78 is 22.4. The summed E-state index contributed by atoms with van der Waals surface area (Å²) in [4.78, 5) is 11.9. The van der Waals surface area contributed by atoms with E-state index in [0.717, 1.165) is 5.56 Å². The van der Waals surface area contributed by atoms with Crippen LogP contribution in [-0.4, -0.2) is 44.8 Å². The molecule has 1 aromatic carbocycles. The van der Waals surface area contributed by atoms with Gasteiger partial charge in [0.2, 0.25) is 5.91 Å². The second-order valence-corrected chi connectivity index (χ2v) is 6.29. The van der Waals surface area contributed by atoms with Gasteiger partial charge < -0.3 is 18.9 Å². The van der Waals surface area contributed by atoms with Crippen molar-refractivity contribution in [3.63, 3.8) is 0 Å². The fourth-order valence-corrected chi connectivity index (χ4v) is 2.84. The van der Waals surface area contributed by atoms with E-state index in [9.17, 15) is 4.79 Å². The molecule has 0 bridgehead atoms. The molecule has 0 atom stereocenters. The Morgan fingerprint density at radius 3 is 2.84 bits per heavy atom. The Kier molecular flexibility index (Phi) is 6.98. The Bertz CT molecular complexity index is 657. The number of nitrogens with one attached hydrogen (secondary N) is 1. The lowest BCUT2D eigenvalue weighted by atomic mass is 10.2. The van der Waals surface area contributed by atoms with E-state index in [1.165, 1.54) is 6.21 Å². The molecular formula is C17H21BrN2O5. The quantitative estimate of drug-likeness (QED) is 0.403. The number of carbonyl (C=O) groups is 1. The second kappa shape index (κ2) is 8.98. The van der Waals surface area contributed by atoms with Gasteiger partial charge in [0.25, 0.3) is 0 Å². The van der Waals surface area contributed by atoms with Gasteiger partial charge in [0, 0.05) is 0 Å². The third kappa shape index (κ3) is 5.55. The molecule has 1 aliphatic heterocycles. The first-order valence-corrected chi connectivity index (χ1v) is 8.48. The minimum Gasteiger partial charge on any atom is -0.493 e. The van der Waals surface area contributed by atoms with Crippen molar-refractivity contribution >= 4 is 28.1 Å². The molecule has 25 heavy (non-hydrogen) atoms. The average Bonchev–Trinajstić information content (AvgIpc) is 2.99. The van der Waals surface area contributed by atoms with Crippen LogP contribution in [-0.2, 0) is 14.3 Å². The highest BCUT2D eigenvalue weighted by molar-refractivity contribution is 9.10. The normalized spacial score (nSPS) is 16.0. The van der Waals surface area contributed by atoms with Crippen molar-refractivity contribution < 1.29 is 23.7 Å². The second-order valence-electron chi connectivity index (χ2n) is 5.43. The summed E-state index contributed by atoms with van der Waals surface area (Å²) >= 11 is 3.43. The summed E-state index contributed by atoms with van der Waals surface area (Å²) in [5.74, 6) is -0.0513. The molecule has 7 nitrogen and oxygen atoms in total. The van der Waals surface area contributed by atoms with E-state index in [4.69, 9.17) is 18.9 Å². The molecule has 0 unspecified atom stereocenters. The van der Waals surface area contributed by atoms with E-state index in [1.54, 1.807) is 32.2 Å². The van der Waals surface area contributed by atoms with E-state index >= 15 is 0 Å². The monoisotopic (exact) mass is 412 g/mol. The highest BCUT2D eigenvalue weighted by atomic mass is 79.9. The summed E-state index contributed by atoms with van der Waals surface area (Å²) in [6.45, 7) is 6.68. The first-order chi connectivity index (χ1) is 12.0. The summed E-state index contributed by atoms with van der Waals surface area (Å²) in [7, 11) is 1.55. The molecule has 1 saturated heterocycles.